The van der Waals surface area contributed by atoms with Crippen LogP contribution in [0.15, 0.2) is 158 Å². The quantitative estimate of drug-likeness (QED) is 0.194. The highest BCUT2D eigenvalue weighted by atomic mass is 15.1. The summed E-state index contributed by atoms with van der Waals surface area (Å²) in [6.45, 7) is 4.44. The van der Waals surface area contributed by atoms with Crippen molar-refractivity contribution >= 4 is 43.6 Å². The first-order valence-electron chi connectivity index (χ1n) is 16.0. The Balaban J connectivity index is 1.31. The molecule has 0 spiro atoms. The summed E-state index contributed by atoms with van der Waals surface area (Å²) in [7, 11) is 0. The van der Waals surface area contributed by atoms with E-state index in [2.05, 4.69) is 181 Å². The first kappa shape index (κ1) is 26.5. The normalized spacial score (nSPS) is 11.7. The molecule has 0 radical (unpaired) electrons. The monoisotopic (exact) mass is 588 g/mol. The molecule has 0 unspecified atom stereocenters. The van der Waals surface area contributed by atoms with Gasteiger partial charge >= 0.3 is 0 Å². The summed E-state index contributed by atoms with van der Waals surface area (Å²) in [5.74, 6) is 0. The van der Waals surface area contributed by atoms with Crippen molar-refractivity contribution in [3.63, 3.8) is 0 Å². The van der Waals surface area contributed by atoms with Gasteiger partial charge < -0.3 is 9.13 Å². The lowest BCUT2D eigenvalue weighted by Crippen LogP contribution is -1.95. The summed E-state index contributed by atoms with van der Waals surface area (Å²) in [6, 6.07) is 57.4. The number of benzene rings is 7. The number of para-hydroxylation sites is 2. The van der Waals surface area contributed by atoms with Crippen molar-refractivity contribution in [1.29, 1.82) is 0 Å². The van der Waals surface area contributed by atoms with Crippen molar-refractivity contribution < 1.29 is 0 Å². The van der Waals surface area contributed by atoms with Crippen molar-refractivity contribution in [2.75, 3.05) is 0 Å². The van der Waals surface area contributed by atoms with Gasteiger partial charge in [0.2, 0.25) is 0 Å². The van der Waals surface area contributed by atoms with E-state index in [-0.39, 0.29) is 0 Å². The average Bonchev–Trinajstić information content (AvgIpc) is 3.62. The summed E-state index contributed by atoms with van der Waals surface area (Å²) in [6.07, 6.45) is 0. The van der Waals surface area contributed by atoms with Crippen LogP contribution < -0.4 is 0 Å². The minimum Gasteiger partial charge on any atom is -0.307 e. The van der Waals surface area contributed by atoms with E-state index in [9.17, 15) is 0 Å². The van der Waals surface area contributed by atoms with Gasteiger partial charge in [-0.15, -0.1) is 0 Å². The second-order valence-electron chi connectivity index (χ2n) is 12.2. The van der Waals surface area contributed by atoms with E-state index in [4.69, 9.17) is 0 Å². The maximum atomic E-state index is 2.47. The topological polar surface area (TPSA) is 9.86 Å². The zero-order valence-corrected chi connectivity index (χ0v) is 25.9. The molecular weight excluding hydrogens is 556 g/mol. The molecule has 0 N–H and O–H groups in total. The SMILES string of the molecule is Cc1ccccc1-c1cccc(-c2ccc(-n3c4ccc5ccccc5c4c4c3c3ccccc3n4-c3ccccc3)cc2)c1C. The molecule has 2 nitrogen and oxygen atoms in total. The Labute approximate surface area is 268 Å². The van der Waals surface area contributed by atoms with Crippen molar-refractivity contribution in [3.8, 4) is 33.6 Å². The minimum absolute atomic E-state index is 1.16. The predicted molar refractivity (Wildman–Crippen MR) is 195 cm³/mol. The van der Waals surface area contributed by atoms with Crippen molar-refractivity contribution in [2.24, 2.45) is 0 Å². The molecular formula is C44H32N2. The second-order valence-corrected chi connectivity index (χ2v) is 12.2. The Morgan fingerprint density at radius 2 is 1.02 bits per heavy atom. The van der Waals surface area contributed by atoms with Gasteiger partial charge in [0.25, 0.3) is 0 Å². The van der Waals surface area contributed by atoms with Crippen LogP contribution in [0.25, 0.3) is 77.2 Å². The number of hydrogen-bond acceptors (Lipinski definition) is 0. The minimum atomic E-state index is 1.16. The van der Waals surface area contributed by atoms with Crippen LogP contribution in [0.5, 0.6) is 0 Å². The van der Waals surface area contributed by atoms with Gasteiger partial charge in [-0.1, -0.05) is 121 Å². The molecule has 0 bridgehead atoms. The van der Waals surface area contributed by atoms with Crippen molar-refractivity contribution in [1.82, 2.24) is 9.13 Å². The molecule has 2 heteroatoms. The van der Waals surface area contributed by atoms with Gasteiger partial charge in [0.05, 0.1) is 22.1 Å². The smallest absolute Gasteiger partial charge is 0.0810 e. The van der Waals surface area contributed by atoms with E-state index in [1.165, 1.54) is 82.7 Å². The molecule has 7 aromatic carbocycles. The average molecular weight is 589 g/mol. The van der Waals surface area contributed by atoms with Crippen LogP contribution in [-0.4, -0.2) is 9.13 Å². The number of hydrogen-bond donors (Lipinski definition) is 0. The van der Waals surface area contributed by atoms with E-state index in [1.807, 2.05) is 0 Å². The van der Waals surface area contributed by atoms with Crippen LogP contribution in [0.2, 0.25) is 0 Å². The summed E-state index contributed by atoms with van der Waals surface area (Å²) in [5, 5.41) is 5.04. The third-order valence-corrected chi connectivity index (χ3v) is 9.68. The maximum absolute atomic E-state index is 2.47. The molecule has 9 rings (SSSR count). The first-order chi connectivity index (χ1) is 22.7. The van der Waals surface area contributed by atoms with E-state index in [1.54, 1.807) is 0 Å². The predicted octanol–water partition coefficient (Wildman–Crippen LogP) is 11.8. The molecule has 0 aliphatic heterocycles. The molecule has 0 saturated heterocycles. The van der Waals surface area contributed by atoms with Gasteiger partial charge in [0.15, 0.2) is 0 Å². The standard InChI is InChI=1S/C44H32N2/c1-29-13-6-8-17-35(29)37-21-12-20-36(30(37)2)32-23-26-34(27-24-32)46-41-28-25-31-14-7-9-18-38(31)42(41)44-43(46)39-19-10-11-22-40(39)45(44)33-15-4-3-5-16-33/h3-28H,1-2H3. The molecule has 0 aliphatic carbocycles. The highest BCUT2D eigenvalue weighted by molar-refractivity contribution is 6.26. The van der Waals surface area contributed by atoms with Crippen LogP contribution >= 0.6 is 0 Å². The Kier molecular flexibility index (Phi) is 5.97. The Morgan fingerprint density at radius 3 is 1.85 bits per heavy atom. The van der Waals surface area contributed by atoms with Crippen molar-refractivity contribution in [3.05, 3.63) is 169 Å². The molecule has 2 heterocycles. The first-order valence-corrected chi connectivity index (χ1v) is 16.0. The van der Waals surface area contributed by atoms with E-state index in [0.29, 0.717) is 0 Å². The van der Waals surface area contributed by atoms with E-state index < -0.39 is 0 Å². The van der Waals surface area contributed by atoms with Crippen LogP contribution in [0, 0.1) is 13.8 Å². The molecule has 218 valence electrons. The molecule has 0 amide bonds. The maximum Gasteiger partial charge on any atom is 0.0810 e. The lowest BCUT2D eigenvalue weighted by atomic mass is 9.91. The lowest BCUT2D eigenvalue weighted by molar-refractivity contribution is 1.17. The van der Waals surface area contributed by atoms with Gasteiger partial charge in [0.1, 0.15) is 0 Å². The molecule has 9 aromatic rings. The van der Waals surface area contributed by atoms with Crippen LogP contribution in [0.1, 0.15) is 11.1 Å². The second kappa shape index (κ2) is 10.4. The van der Waals surface area contributed by atoms with E-state index >= 15 is 0 Å². The van der Waals surface area contributed by atoms with Gasteiger partial charge in [-0.05, 0) is 94.4 Å². The van der Waals surface area contributed by atoms with Gasteiger partial charge in [-0.3, -0.25) is 0 Å². The third-order valence-electron chi connectivity index (χ3n) is 9.68. The summed E-state index contributed by atoms with van der Waals surface area (Å²) in [5.41, 5.74) is 14.9. The van der Waals surface area contributed by atoms with Crippen LogP contribution in [-0.2, 0) is 0 Å². The van der Waals surface area contributed by atoms with Crippen LogP contribution in [0.4, 0.5) is 0 Å². The Morgan fingerprint density at radius 1 is 0.391 bits per heavy atom. The molecule has 0 aliphatic rings. The molecule has 0 fully saturated rings. The molecule has 2 aromatic heterocycles. The number of aromatic nitrogens is 2. The summed E-state index contributed by atoms with van der Waals surface area (Å²) >= 11 is 0. The zero-order chi connectivity index (χ0) is 30.8. The number of aryl methyl sites for hydroxylation is 1. The largest absolute Gasteiger partial charge is 0.307 e. The fourth-order valence-electron chi connectivity index (χ4n) is 7.51. The van der Waals surface area contributed by atoms with Gasteiger partial charge in [-0.25, -0.2) is 0 Å². The fourth-order valence-corrected chi connectivity index (χ4v) is 7.51. The van der Waals surface area contributed by atoms with E-state index in [0.717, 1.165) is 5.69 Å². The third kappa shape index (κ3) is 3.90. The zero-order valence-electron chi connectivity index (χ0n) is 25.9. The number of rotatable bonds is 4. The highest BCUT2D eigenvalue weighted by Crippen LogP contribution is 2.43. The molecule has 0 saturated carbocycles. The van der Waals surface area contributed by atoms with Crippen molar-refractivity contribution in [2.45, 2.75) is 13.8 Å². The number of fused-ring (bicyclic) bond motifs is 7. The van der Waals surface area contributed by atoms with Gasteiger partial charge in [-0.2, -0.15) is 0 Å². The lowest BCUT2D eigenvalue weighted by Gasteiger charge is -2.15. The van der Waals surface area contributed by atoms with Gasteiger partial charge in [0, 0.05) is 22.1 Å². The number of nitrogens with zero attached hydrogens (tertiary/aromatic N) is 2. The Bertz CT molecular complexity index is 2580. The Hall–Kier alpha value is -5.86. The summed E-state index contributed by atoms with van der Waals surface area (Å²) in [4.78, 5) is 0. The summed E-state index contributed by atoms with van der Waals surface area (Å²) < 4.78 is 4.92. The highest BCUT2D eigenvalue weighted by Gasteiger charge is 2.23. The fraction of sp³-hybridized carbons (Fsp3) is 0.0455. The van der Waals surface area contributed by atoms with Crippen LogP contribution in [0.3, 0.4) is 0 Å². The molecule has 0 atom stereocenters. The molecule has 46 heavy (non-hydrogen) atoms.